The molecule has 1 aromatic carbocycles. The van der Waals surface area contributed by atoms with Crippen LogP contribution in [0.2, 0.25) is 5.02 Å². The van der Waals surface area contributed by atoms with Crippen molar-refractivity contribution in [2.24, 2.45) is 11.8 Å². The summed E-state index contributed by atoms with van der Waals surface area (Å²) in [5.74, 6) is 0.468. The zero-order valence-corrected chi connectivity index (χ0v) is 13.4. The molecule has 118 valence electrons. The summed E-state index contributed by atoms with van der Waals surface area (Å²) in [5.41, 5.74) is 3.59. The van der Waals surface area contributed by atoms with Gasteiger partial charge in [-0.2, -0.15) is 0 Å². The Morgan fingerprint density at radius 2 is 1.83 bits per heavy atom. The summed E-state index contributed by atoms with van der Waals surface area (Å²) in [4.78, 5) is 14.2. The minimum Gasteiger partial charge on any atom is -0.480 e. The fourth-order valence-corrected chi connectivity index (χ4v) is 5.44. The van der Waals surface area contributed by atoms with Gasteiger partial charge in [0, 0.05) is 35.0 Å². The molecule has 4 heteroatoms. The Bertz CT molecular complexity index is 752. The van der Waals surface area contributed by atoms with Crippen molar-refractivity contribution in [1.82, 2.24) is 0 Å². The highest BCUT2D eigenvalue weighted by Gasteiger charge is 2.49. The molecule has 5 atom stereocenters. The normalized spacial score (nSPS) is 35.9. The highest BCUT2D eigenvalue weighted by Crippen LogP contribution is 2.55. The van der Waals surface area contributed by atoms with E-state index in [2.05, 4.69) is 41.3 Å². The lowest BCUT2D eigenvalue weighted by molar-refractivity contribution is -0.140. The van der Waals surface area contributed by atoms with Crippen LogP contribution in [-0.4, -0.2) is 23.7 Å². The predicted octanol–water partition coefficient (Wildman–Crippen LogP) is 3.95. The first-order valence-corrected chi connectivity index (χ1v) is 8.69. The smallest absolute Gasteiger partial charge is 0.326 e. The topological polar surface area (TPSA) is 40.5 Å². The molecule has 0 amide bonds. The van der Waals surface area contributed by atoms with Crippen molar-refractivity contribution in [1.29, 1.82) is 0 Å². The molecule has 1 N–H and O–H groups in total. The minimum absolute atomic E-state index is 0.122. The van der Waals surface area contributed by atoms with Gasteiger partial charge in [-0.05, 0) is 42.0 Å². The van der Waals surface area contributed by atoms with Gasteiger partial charge in [-0.15, -0.1) is 0 Å². The monoisotopic (exact) mass is 327 g/mol. The van der Waals surface area contributed by atoms with Gasteiger partial charge >= 0.3 is 5.97 Å². The van der Waals surface area contributed by atoms with Crippen molar-refractivity contribution in [2.75, 3.05) is 11.4 Å². The van der Waals surface area contributed by atoms with Crippen LogP contribution in [0.25, 0.3) is 0 Å². The van der Waals surface area contributed by atoms with Crippen LogP contribution in [0.3, 0.4) is 0 Å². The number of nitrogens with zero attached hydrogens (tertiary/aromatic N) is 1. The van der Waals surface area contributed by atoms with Crippen LogP contribution in [0.1, 0.15) is 35.8 Å². The molecule has 2 heterocycles. The number of fused-ring (bicyclic) bond motifs is 4. The molecule has 1 aromatic rings. The quantitative estimate of drug-likeness (QED) is 0.794. The molecular weight excluding hydrogens is 310 g/mol. The van der Waals surface area contributed by atoms with E-state index >= 15 is 0 Å². The van der Waals surface area contributed by atoms with Crippen molar-refractivity contribution >= 4 is 23.3 Å². The highest BCUT2D eigenvalue weighted by molar-refractivity contribution is 6.31. The number of allylic oxidation sites excluding steroid dienone is 4. The van der Waals surface area contributed by atoms with Crippen molar-refractivity contribution in [2.45, 2.75) is 30.7 Å². The Labute approximate surface area is 140 Å². The number of carboxylic acids is 1. The maximum Gasteiger partial charge on any atom is 0.326 e. The average molecular weight is 328 g/mol. The van der Waals surface area contributed by atoms with E-state index in [1.807, 2.05) is 0 Å². The summed E-state index contributed by atoms with van der Waals surface area (Å²) in [6.45, 7) is 0.833. The van der Waals surface area contributed by atoms with Crippen molar-refractivity contribution in [3.8, 4) is 0 Å². The van der Waals surface area contributed by atoms with Crippen LogP contribution in [0.15, 0.2) is 36.4 Å². The number of halogens is 1. The minimum atomic E-state index is -0.695. The number of rotatable bonds is 1. The molecular formula is C19H18ClNO2. The molecule has 0 saturated heterocycles. The third-order valence-corrected chi connectivity index (χ3v) is 6.29. The number of anilines is 1. The molecule has 0 aromatic heterocycles. The van der Waals surface area contributed by atoms with Gasteiger partial charge in [0.25, 0.3) is 0 Å². The Morgan fingerprint density at radius 3 is 2.61 bits per heavy atom. The lowest BCUT2D eigenvalue weighted by Crippen LogP contribution is -2.54. The van der Waals surface area contributed by atoms with E-state index in [1.165, 1.54) is 11.1 Å². The second-order valence-corrected chi connectivity index (χ2v) is 7.61. The summed E-state index contributed by atoms with van der Waals surface area (Å²) in [6.07, 6.45) is 10.7. The number of aliphatic carboxylic acids is 1. The van der Waals surface area contributed by atoms with Crippen molar-refractivity contribution < 1.29 is 9.90 Å². The van der Waals surface area contributed by atoms with Crippen LogP contribution in [0, 0.1) is 11.8 Å². The number of carboxylic acid groups (broad SMARTS) is 1. The molecule has 5 rings (SSSR count). The van der Waals surface area contributed by atoms with Gasteiger partial charge in [0.05, 0.1) is 0 Å². The largest absolute Gasteiger partial charge is 0.480 e. The summed E-state index contributed by atoms with van der Waals surface area (Å²) < 4.78 is 0. The zero-order chi connectivity index (χ0) is 15.7. The van der Waals surface area contributed by atoms with E-state index in [4.69, 9.17) is 11.6 Å². The molecule has 2 aliphatic carbocycles. The van der Waals surface area contributed by atoms with Crippen LogP contribution in [0.5, 0.6) is 0 Å². The molecule has 4 aliphatic rings. The Kier molecular flexibility index (Phi) is 2.76. The van der Waals surface area contributed by atoms with Gasteiger partial charge in [0.15, 0.2) is 0 Å². The van der Waals surface area contributed by atoms with E-state index in [0.29, 0.717) is 11.8 Å². The van der Waals surface area contributed by atoms with Gasteiger partial charge in [0.2, 0.25) is 0 Å². The van der Waals surface area contributed by atoms with E-state index in [1.54, 1.807) is 0 Å². The average Bonchev–Trinajstić information content (AvgIpc) is 3.15. The van der Waals surface area contributed by atoms with Gasteiger partial charge in [-0.25, -0.2) is 4.79 Å². The number of benzene rings is 1. The lowest BCUT2D eigenvalue weighted by Gasteiger charge is -2.49. The van der Waals surface area contributed by atoms with Crippen LogP contribution in [0.4, 0.5) is 5.69 Å². The van der Waals surface area contributed by atoms with E-state index in [9.17, 15) is 9.90 Å². The van der Waals surface area contributed by atoms with Gasteiger partial charge in [0.1, 0.15) is 6.04 Å². The Morgan fingerprint density at radius 1 is 1.13 bits per heavy atom. The second-order valence-electron chi connectivity index (χ2n) is 7.17. The first-order chi connectivity index (χ1) is 11.1. The van der Waals surface area contributed by atoms with E-state index in [0.717, 1.165) is 30.1 Å². The van der Waals surface area contributed by atoms with Crippen LogP contribution >= 0.6 is 11.6 Å². The first kappa shape index (κ1) is 13.7. The molecule has 0 spiro atoms. The lowest BCUT2D eigenvalue weighted by atomic mass is 9.72. The van der Waals surface area contributed by atoms with Crippen molar-refractivity contribution in [3.63, 3.8) is 0 Å². The molecule has 0 fully saturated rings. The molecule has 0 saturated carbocycles. The SMILES string of the molecule is O=C(O)[C@@H]1[C@@H]2CC=C[C@@H]2c2cc(Cl)cc3c2N1C[C@H]1CC=C[C@H]31. The first-order valence-electron chi connectivity index (χ1n) is 8.31. The summed E-state index contributed by atoms with van der Waals surface area (Å²) in [6, 6.07) is 3.68. The number of hydrogen-bond acceptors (Lipinski definition) is 2. The summed E-state index contributed by atoms with van der Waals surface area (Å²) >= 11 is 6.43. The third-order valence-electron chi connectivity index (χ3n) is 6.07. The Hall–Kier alpha value is -1.74. The molecule has 23 heavy (non-hydrogen) atoms. The van der Waals surface area contributed by atoms with Gasteiger partial charge < -0.3 is 10.0 Å². The predicted molar refractivity (Wildman–Crippen MR) is 90.2 cm³/mol. The standard InChI is InChI=1S/C19H18ClNO2/c20-11-7-15-12-4-1-3-10(12)9-21-17(15)16(8-11)13-5-2-6-14(13)18(21)19(22)23/h1-2,4-5,7-8,10,12-14,18H,3,6,9H2,(H,22,23)/t10-,12+,13+,14-,18+/m1/s1. The molecule has 2 aliphatic heterocycles. The fraction of sp³-hybridized carbons (Fsp3) is 0.421. The molecule has 0 unspecified atom stereocenters. The maximum absolute atomic E-state index is 12.1. The molecule has 0 bridgehead atoms. The zero-order valence-electron chi connectivity index (χ0n) is 12.7. The van der Waals surface area contributed by atoms with E-state index in [-0.39, 0.29) is 11.8 Å². The number of hydrogen-bond donors (Lipinski definition) is 1. The third kappa shape index (κ3) is 1.74. The number of carbonyl (C=O) groups is 1. The highest BCUT2D eigenvalue weighted by atomic mass is 35.5. The Balaban J connectivity index is 1.78. The molecule has 3 nitrogen and oxygen atoms in total. The maximum atomic E-state index is 12.1. The fourth-order valence-electron chi connectivity index (χ4n) is 5.21. The van der Waals surface area contributed by atoms with Crippen LogP contribution in [-0.2, 0) is 4.79 Å². The summed E-state index contributed by atoms with van der Waals surface area (Å²) in [7, 11) is 0. The summed E-state index contributed by atoms with van der Waals surface area (Å²) in [5, 5.41) is 10.7. The van der Waals surface area contributed by atoms with Gasteiger partial charge in [-0.1, -0.05) is 35.9 Å². The van der Waals surface area contributed by atoms with Gasteiger partial charge in [-0.3, -0.25) is 0 Å². The molecule has 0 radical (unpaired) electrons. The second kappa shape index (κ2) is 4.64. The van der Waals surface area contributed by atoms with Crippen molar-refractivity contribution in [3.05, 3.63) is 52.6 Å². The van der Waals surface area contributed by atoms with Crippen LogP contribution < -0.4 is 4.90 Å². The van der Waals surface area contributed by atoms with E-state index < -0.39 is 12.0 Å².